The molecule has 0 bridgehead atoms. The van der Waals surface area contributed by atoms with Gasteiger partial charge in [-0.3, -0.25) is 14.1 Å². The minimum atomic E-state index is 0.0936. The van der Waals surface area contributed by atoms with Crippen LogP contribution in [0.2, 0.25) is 0 Å². The van der Waals surface area contributed by atoms with E-state index < -0.39 is 0 Å². The van der Waals surface area contributed by atoms with Crippen molar-refractivity contribution in [3.05, 3.63) is 29.7 Å². The van der Waals surface area contributed by atoms with E-state index in [4.69, 9.17) is 0 Å². The molecule has 2 aromatic heterocycles. The topological polar surface area (TPSA) is 60.2 Å². The smallest absolute Gasteiger partial charge is 0.255 e. The van der Waals surface area contributed by atoms with E-state index in [2.05, 4.69) is 52.8 Å². The van der Waals surface area contributed by atoms with Crippen molar-refractivity contribution in [3.63, 3.8) is 0 Å². The first-order valence-electron chi connectivity index (χ1n) is 10.2. The molecule has 0 aliphatic carbocycles. The third kappa shape index (κ3) is 3.64. The molecule has 28 heavy (non-hydrogen) atoms. The largest absolute Gasteiger partial charge is 0.336 e. The molecule has 2 fully saturated rings. The molecular weight excluding hydrogens is 354 g/mol. The van der Waals surface area contributed by atoms with Crippen molar-refractivity contribution in [2.24, 2.45) is 0 Å². The molecule has 1 unspecified atom stereocenters. The normalized spacial score (nSPS) is 23.0. The quantitative estimate of drug-likeness (QED) is 0.780. The molecule has 4 rings (SSSR count). The lowest BCUT2D eigenvalue weighted by Gasteiger charge is -2.41. The van der Waals surface area contributed by atoms with Gasteiger partial charge >= 0.3 is 0 Å². The van der Waals surface area contributed by atoms with Crippen molar-refractivity contribution in [1.29, 1.82) is 0 Å². The minimum Gasteiger partial charge on any atom is -0.336 e. The molecule has 2 saturated heterocycles. The van der Waals surface area contributed by atoms with Gasteiger partial charge in [-0.15, -0.1) is 10.2 Å². The Kier molecular flexibility index (Phi) is 5.35. The van der Waals surface area contributed by atoms with Crippen LogP contribution in [0.4, 0.5) is 0 Å². The summed E-state index contributed by atoms with van der Waals surface area (Å²) in [6.45, 7) is 10.8. The van der Waals surface area contributed by atoms with Gasteiger partial charge in [-0.25, -0.2) is 0 Å². The number of amides is 1. The minimum absolute atomic E-state index is 0.0936. The fraction of sp³-hybridized carbons (Fsp3) is 0.650. The second kappa shape index (κ2) is 7.77. The fourth-order valence-corrected chi connectivity index (χ4v) is 4.24. The molecule has 4 heterocycles. The van der Waals surface area contributed by atoms with Crippen LogP contribution in [0.3, 0.4) is 0 Å². The van der Waals surface area contributed by atoms with Gasteiger partial charge in [0.05, 0.1) is 11.6 Å². The van der Waals surface area contributed by atoms with E-state index in [-0.39, 0.29) is 11.9 Å². The number of likely N-dealkylation sites (N-methyl/N-ethyl adjacent to an activating group) is 2. The first-order chi connectivity index (χ1) is 13.4. The number of hydrogen-bond donors (Lipinski definition) is 0. The summed E-state index contributed by atoms with van der Waals surface area (Å²) >= 11 is 0. The Morgan fingerprint density at radius 3 is 2.43 bits per heavy atom. The zero-order chi connectivity index (χ0) is 19.8. The van der Waals surface area contributed by atoms with Gasteiger partial charge in [0.2, 0.25) is 0 Å². The Morgan fingerprint density at radius 2 is 1.71 bits per heavy atom. The Morgan fingerprint density at radius 1 is 1.00 bits per heavy atom. The number of carbonyl (C=O) groups is 1. The van der Waals surface area contributed by atoms with E-state index >= 15 is 0 Å². The highest BCUT2D eigenvalue weighted by Gasteiger charge is 2.32. The average molecular weight is 386 g/mol. The lowest BCUT2D eigenvalue weighted by molar-refractivity contribution is 0.0585. The van der Waals surface area contributed by atoms with Gasteiger partial charge < -0.3 is 14.7 Å². The number of aromatic nitrogens is 3. The lowest BCUT2D eigenvalue weighted by Crippen LogP contribution is -2.50. The van der Waals surface area contributed by atoms with Crippen LogP contribution in [0.25, 0.3) is 5.65 Å². The molecule has 0 spiro atoms. The molecule has 0 aromatic carbocycles. The maximum atomic E-state index is 13.0. The van der Waals surface area contributed by atoms with Crippen LogP contribution in [-0.4, -0.2) is 106 Å². The summed E-state index contributed by atoms with van der Waals surface area (Å²) in [5, 5.41) is 8.89. The monoisotopic (exact) mass is 385 g/mol. The van der Waals surface area contributed by atoms with Gasteiger partial charge in [0, 0.05) is 58.1 Å². The molecule has 2 aliphatic heterocycles. The van der Waals surface area contributed by atoms with Gasteiger partial charge in [-0.2, -0.15) is 0 Å². The highest BCUT2D eigenvalue weighted by Crippen LogP contribution is 2.26. The number of carbonyl (C=O) groups excluding carboxylic acids is 1. The van der Waals surface area contributed by atoms with Crippen LogP contribution in [-0.2, 0) is 0 Å². The van der Waals surface area contributed by atoms with Crippen molar-refractivity contribution < 1.29 is 4.79 Å². The summed E-state index contributed by atoms with van der Waals surface area (Å²) in [5.41, 5.74) is 1.50. The van der Waals surface area contributed by atoms with Crippen LogP contribution in [0.1, 0.15) is 36.1 Å². The van der Waals surface area contributed by atoms with Gasteiger partial charge in [0.15, 0.2) is 11.5 Å². The molecule has 1 amide bonds. The summed E-state index contributed by atoms with van der Waals surface area (Å²) < 4.78 is 2.02. The van der Waals surface area contributed by atoms with E-state index in [0.29, 0.717) is 11.6 Å². The second-order valence-corrected chi connectivity index (χ2v) is 8.41. The molecule has 0 N–H and O–H groups in total. The van der Waals surface area contributed by atoms with Crippen LogP contribution >= 0.6 is 0 Å². The first-order valence-corrected chi connectivity index (χ1v) is 10.2. The van der Waals surface area contributed by atoms with Crippen molar-refractivity contribution in [2.75, 3.05) is 59.9 Å². The summed E-state index contributed by atoms with van der Waals surface area (Å²) in [6, 6.07) is 4.39. The predicted octanol–water partition coefficient (Wildman–Crippen LogP) is 0.814. The number of fused-ring (bicyclic) bond motifs is 1. The summed E-state index contributed by atoms with van der Waals surface area (Å²) in [5.74, 6) is 1.01. The Bertz CT molecular complexity index is 840. The number of nitrogens with zero attached hydrogens (tertiary/aromatic N) is 7. The Labute approximate surface area is 166 Å². The first kappa shape index (κ1) is 19.3. The zero-order valence-corrected chi connectivity index (χ0v) is 17.4. The van der Waals surface area contributed by atoms with E-state index in [1.165, 1.54) is 0 Å². The van der Waals surface area contributed by atoms with Crippen molar-refractivity contribution in [3.8, 4) is 0 Å². The van der Waals surface area contributed by atoms with Crippen LogP contribution in [0.5, 0.6) is 0 Å². The average Bonchev–Trinajstić information content (AvgIpc) is 3.10. The number of rotatable bonds is 3. The standard InChI is InChI=1S/C20H31N7O/c1-15(2)26-12-9-24(4)14-17(26)19-22-21-18-6-5-16(13-27(18)19)20(28)25-10-7-23(3)8-11-25/h5-6,13,15,17H,7-12,14H2,1-4H3. The summed E-state index contributed by atoms with van der Waals surface area (Å²) in [6.07, 6.45) is 1.93. The fourth-order valence-electron chi connectivity index (χ4n) is 4.24. The number of piperazine rings is 2. The molecule has 2 aliphatic rings. The van der Waals surface area contributed by atoms with Crippen molar-refractivity contribution >= 4 is 11.6 Å². The van der Waals surface area contributed by atoms with E-state index in [9.17, 15) is 4.79 Å². The molecule has 0 saturated carbocycles. The third-order valence-electron chi connectivity index (χ3n) is 6.05. The van der Waals surface area contributed by atoms with Crippen LogP contribution in [0, 0.1) is 0 Å². The molecule has 152 valence electrons. The summed E-state index contributed by atoms with van der Waals surface area (Å²) in [7, 11) is 4.25. The SMILES string of the molecule is CC(C)N1CCN(C)CC1c1nnc2ccc(C(=O)N3CCN(C)CC3)cn12. The maximum Gasteiger partial charge on any atom is 0.255 e. The predicted molar refractivity (Wildman–Crippen MR) is 108 cm³/mol. The number of pyridine rings is 1. The van der Waals surface area contributed by atoms with E-state index in [1.54, 1.807) is 0 Å². The maximum absolute atomic E-state index is 13.0. The third-order valence-corrected chi connectivity index (χ3v) is 6.05. The van der Waals surface area contributed by atoms with Crippen LogP contribution in [0.15, 0.2) is 18.3 Å². The molecule has 1 atom stereocenters. The van der Waals surface area contributed by atoms with Gasteiger partial charge in [0.25, 0.3) is 5.91 Å². The van der Waals surface area contributed by atoms with Gasteiger partial charge in [0.1, 0.15) is 0 Å². The van der Waals surface area contributed by atoms with Gasteiger partial charge in [-0.05, 0) is 40.1 Å². The van der Waals surface area contributed by atoms with E-state index in [1.807, 2.05) is 27.6 Å². The Hall–Kier alpha value is -2.03. The number of hydrogen-bond acceptors (Lipinski definition) is 6. The molecule has 0 radical (unpaired) electrons. The van der Waals surface area contributed by atoms with Crippen molar-refractivity contribution in [1.82, 2.24) is 34.2 Å². The van der Waals surface area contributed by atoms with Gasteiger partial charge in [-0.1, -0.05) is 0 Å². The molecule has 8 nitrogen and oxygen atoms in total. The van der Waals surface area contributed by atoms with E-state index in [0.717, 1.165) is 57.3 Å². The van der Waals surface area contributed by atoms with Crippen molar-refractivity contribution in [2.45, 2.75) is 25.9 Å². The second-order valence-electron chi connectivity index (χ2n) is 8.41. The highest BCUT2D eigenvalue weighted by molar-refractivity contribution is 5.94. The zero-order valence-electron chi connectivity index (χ0n) is 17.4. The Balaban J connectivity index is 1.65. The lowest BCUT2D eigenvalue weighted by atomic mass is 10.1. The molecular formula is C20H31N7O. The summed E-state index contributed by atoms with van der Waals surface area (Å²) in [4.78, 5) is 22.0. The highest BCUT2D eigenvalue weighted by atomic mass is 16.2. The molecule has 2 aromatic rings. The van der Waals surface area contributed by atoms with Crippen LogP contribution < -0.4 is 0 Å². The molecule has 8 heteroatoms.